The Morgan fingerprint density at radius 2 is 1.90 bits per heavy atom. The molecule has 0 aromatic heterocycles. The van der Waals surface area contributed by atoms with Crippen LogP contribution in [0.25, 0.3) is 0 Å². The first-order valence-corrected chi connectivity index (χ1v) is 14.1. The number of benzene rings is 2. The predicted octanol–water partition coefficient (Wildman–Crippen LogP) is 2.13. The average Bonchev–Trinajstić information content (AvgIpc) is 3.21. The second kappa shape index (κ2) is 11.2. The molecule has 4 rings (SSSR count). The van der Waals surface area contributed by atoms with E-state index in [-0.39, 0.29) is 49.5 Å². The Labute approximate surface area is 229 Å². The lowest BCUT2D eigenvalue weighted by Gasteiger charge is -2.34. The zero-order valence-electron chi connectivity index (χ0n) is 21.9. The maximum absolute atomic E-state index is 13.1. The van der Waals surface area contributed by atoms with Crippen molar-refractivity contribution in [3.05, 3.63) is 59.2 Å². The predicted molar refractivity (Wildman–Crippen MR) is 141 cm³/mol. The van der Waals surface area contributed by atoms with Crippen molar-refractivity contribution in [2.24, 2.45) is 4.99 Å². The zero-order valence-corrected chi connectivity index (χ0v) is 22.7. The van der Waals surface area contributed by atoms with E-state index in [9.17, 15) is 31.2 Å². The normalized spacial score (nSPS) is 17.4. The topological polar surface area (TPSA) is 129 Å². The van der Waals surface area contributed by atoms with Crippen molar-refractivity contribution in [1.82, 2.24) is 9.62 Å². The van der Waals surface area contributed by atoms with E-state index in [1.807, 2.05) is 6.92 Å². The fraction of sp³-hybridized carbons (Fsp3) is 0.423. The van der Waals surface area contributed by atoms with Gasteiger partial charge in [-0.25, -0.2) is 12.7 Å². The number of aliphatic imine (C=N–C) groups is 1. The second-order valence-corrected chi connectivity index (χ2v) is 11.8. The fourth-order valence-corrected chi connectivity index (χ4v) is 6.23. The molecule has 216 valence electrons. The standard InChI is InChI=1S/C26H29F3N4O6S/c1-17-14-20(32(2)22(35)16-34)7-6-18(17)8-13-40(37,38)33-11-9-25(10-12-33)24(36)30-23(31-25)19-4-3-5-21(15-19)39-26(27,28)29/h3-7,14-15,34H,8-13,16H2,1-2H3,(H,30,31,36). The SMILES string of the molecule is Cc1cc(N(C)C(=O)CO)ccc1CCS(=O)(=O)N1CCC2(CC1)N=C(c1cccc(OC(F)(F)F)c1)NC2=O. The summed E-state index contributed by atoms with van der Waals surface area (Å²) < 4.78 is 69.2. The zero-order chi connectivity index (χ0) is 29.3. The summed E-state index contributed by atoms with van der Waals surface area (Å²) in [6, 6.07) is 10.3. The molecule has 0 unspecified atom stereocenters. The molecule has 40 heavy (non-hydrogen) atoms. The van der Waals surface area contributed by atoms with Crippen LogP contribution in [0.1, 0.15) is 29.5 Å². The molecule has 0 bridgehead atoms. The van der Waals surface area contributed by atoms with Crippen LogP contribution in [0.2, 0.25) is 0 Å². The number of sulfonamides is 1. The van der Waals surface area contributed by atoms with Crippen molar-refractivity contribution in [1.29, 1.82) is 0 Å². The highest BCUT2D eigenvalue weighted by Gasteiger charge is 2.47. The van der Waals surface area contributed by atoms with Crippen molar-refractivity contribution in [3.63, 3.8) is 0 Å². The number of aryl methyl sites for hydroxylation is 2. The number of ether oxygens (including phenoxy) is 1. The molecule has 1 saturated heterocycles. The molecule has 2 amide bonds. The fourth-order valence-electron chi connectivity index (χ4n) is 4.75. The molecule has 10 nitrogen and oxygen atoms in total. The van der Waals surface area contributed by atoms with Gasteiger partial charge in [-0.2, -0.15) is 0 Å². The lowest BCUT2D eigenvalue weighted by Crippen LogP contribution is -2.50. The van der Waals surface area contributed by atoms with E-state index in [2.05, 4.69) is 15.0 Å². The molecule has 2 aromatic carbocycles. The summed E-state index contributed by atoms with van der Waals surface area (Å²) in [5.41, 5.74) is 1.23. The number of amides is 2. The molecule has 0 aliphatic carbocycles. The van der Waals surface area contributed by atoms with Gasteiger partial charge in [0.1, 0.15) is 23.7 Å². The summed E-state index contributed by atoms with van der Waals surface area (Å²) in [6.07, 6.45) is -4.37. The van der Waals surface area contributed by atoms with E-state index in [4.69, 9.17) is 5.11 Å². The summed E-state index contributed by atoms with van der Waals surface area (Å²) in [5.74, 6) is -1.38. The minimum atomic E-state index is -4.86. The third kappa shape index (κ3) is 6.45. The van der Waals surface area contributed by atoms with Gasteiger partial charge in [0, 0.05) is 31.4 Å². The first kappa shape index (κ1) is 29.5. The Hall–Kier alpha value is -3.49. The Morgan fingerprint density at radius 3 is 2.52 bits per heavy atom. The van der Waals surface area contributed by atoms with Crippen LogP contribution >= 0.6 is 0 Å². The van der Waals surface area contributed by atoms with Crippen molar-refractivity contribution >= 4 is 33.4 Å². The number of aliphatic hydroxyl groups excluding tert-OH is 1. The van der Waals surface area contributed by atoms with Gasteiger partial charge >= 0.3 is 6.36 Å². The van der Waals surface area contributed by atoms with Gasteiger partial charge in [-0.15, -0.1) is 13.2 Å². The Bertz CT molecular complexity index is 1440. The number of halogens is 3. The number of nitrogens with zero attached hydrogens (tertiary/aromatic N) is 3. The van der Waals surface area contributed by atoms with Crippen molar-refractivity contribution in [2.45, 2.75) is 38.1 Å². The first-order valence-electron chi connectivity index (χ1n) is 12.5. The van der Waals surface area contributed by atoms with Crippen LogP contribution in [0, 0.1) is 6.92 Å². The third-order valence-electron chi connectivity index (χ3n) is 7.12. The molecule has 2 heterocycles. The van der Waals surface area contributed by atoms with Crippen molar-refractivity contribution in [3.8, 4) is 5.75 Å². The molecule has 1 spiro atoms. The van der Waals surface area contributed by atoms with Crippen LogP contribution in [-0.4, -0.2) is 79.9 Å². The van der Waals surface area contributed by atoms with Crippen LogP contribution in [0.15, 0.2) is 47.5 Å². The van der Waals surface area contributed by atoms with E-state index in [1.54, 1.807) is 18.2 Å². The molecule has 2 aliphatic heterocycles. The monoisotopic (exact) mass is 582 g/mol. The van der Waals surface area contributed by atoms with Gasteiger partial charge in [0.25, 0.3) is 11.8 Å². The highest BCUT2D eigenvalue weighted by molar-refractivity contribution is 7.89. The van der Waals surface area contributed by atoms with Crippen molar-refractivity contribution in [2.75, 3.05) is 37.4 Å². The summed E-state index contributed by atoms with van der Waals surface area (Å²) in [4.78, 5) is 30.4. The number of hydrogen-bond donors (Lipinski definition) is 2. The molecular weight excluding hydrogens is 553 g/mol. The Morgan fingerprint density at radius 1 is 1.20 bits per heavy atom. The largest absolute Gasteiger partial charge is 0.573 e. The number of piperidine rings is 1. The number of carbonyl (C=O) groups is 2. The summed E-state index contributed by atoms with van der Waals surface area (Å²) in [6.45, 7) is 1.32. The maximum Gasteiger partial charge on any atom is 0.573 e. The van der Waals surface area contributed by atoms with E-state index in [1.165, 1.54) is 28.4 Å². The highest BCUT2D eigenvalue weighted by Crippen LogP contribution is 2.33. The van der Waals surface area contributed by atoms with E-state index >= 15 is 0 Å². The van der Waals surface area contributed by atoms with Gasteiger partial charge in [0.2, 0.25) is 10.0 Å². The number of hydrogen-bond acceptors (Lipinski definition) is 7. The number of rotatable bonds is 8. The van der Waals surface area contributed by atoms with Crippen LogP contribution < -0.4 is 15.0 Å². The van der Waals surface area contributed by atoms with Gasteiger partial charge in [-0.3, -0.25) is 14.6 Å². The summed E-state index contributed by atoms with van der Waals surface area (Å²) in [5, 5.41) is 11.7. The molecule has 2 aromatic rings. The summed E-state index contributed by atoms with van der Waals surface area (Å²) >= 11 is 0. The summed E-state index contributed by atoms with van der Waals surface area (Å²) in [7, 11) is -2.12. The number of carbonyl (C=O) groups excluding carboxylic acids is 2. The molecule has 2 aliphatic rings. The number of amidine groups is 1. The van der Waals surface area contributed by atoms with Crippen LogP contribution in [-0.2, 0) is 26.0 Å². The minimum absolute atomic E-state index is 0.0652. The lowest BCUT2D eigenvalue weighted by molar-refractivity contribution is -0.274. The quantitative estimate of drug-likeness (QED) is 0.491. The molecule has 2 N–H and O–H groups in total. The third-order valence-corrected chi connectivity index (χ3v) is 8.99. The lowest BCUT2D eigenvalue weighted by atomic mass is 9.89. The first-order chi connectivity index (χ1) is 18.7. The molecule has 14 heteroatoms. The van der Waals surface area contributed by atoms with E-state index < -0.39 is 46.1 Å². The van der Waals surface area contributed by atoms with Gasteiger partial charge in [0.05, 0.1) is 5.75 Å². The maximum atomic E-state index is 13.1. The molecule has 0 saturated carbocycles. The molecular formula is C26H29F3N4O6S. The second-order valence-electron chi connectivity index (χ2n) is 9.71. The number of nitrogens with one attached hydrogen (secondary N) is 1. The Kier molecular flexibility index (Phi) is 8.24. The number of aliphatic hydroxyl groups is 1. The van der Waals surface area contributed by atoms with Crippen LogP contribution in [0.4, 0.5) is 18.9 Å². The molecule has 1 fully saturated rings. The smallest absolute Gasteiger partial charge is 0.406 e. The number of alkyl halides is 3. The molecule has 0 atom stereocenters. The van der Waals surface area contributed by atoms with Gasteiger partial charge in [0.15, 0.2) is 0 Å². The van der Waals surface area contributed by atoms with E-state index in [0.717, 1.165) is 23.3 Å². The Balaban J connectivity index is 1.40. The molecule has 0 radical (unpaired) electrons. The minimum Gasteiger partial charge on any atom is -0.406 e. The van der Waals surface area contributed by atoms with Crippen molar-refractivity contribution < 1.29 is 41.0 Å². The number of anilines is 1. The van der Waals surface area contributed by atoms with Gasteiger partial charge in [-0.05, 0) is 61.6 Å². The van der Waals surface area contributed by atoms with Gasteiger partial charge in [-0.1, -0.05) is 18.2 Å². The van der Waals surface area contributed by atoms with Crippen LogP contribution in [0.5, 0.6) is 5.75 Å². The highest BCUT2D eigenvalue weighted by atomic mass is 32.2. The van der Waals surface area contributed by atoms with Gasteiger partial charge < -0.3 is 20.1 Å². The van der Waals surface area contributed by atoms with E-state index in [0.29, 0.717) is 5.69 Å². The van der Waals surface area contributed by atoms with Crippen LogP contribution in [0.3, 0.4) is 0 Å². The number of likely N-dealkylation sites (N-methyl/N-ethyl adjacent to an activating group) is 1. The average molecular weight is 583 g/mol.